The van der Waals surface area contributed by atoms with E-state index in [-0.39, 0.29) is 6.10 Å². The standard InChI is InChI=1S/C14H24N4O/c1-17-7-5-11(16-17)9-15-13-3-2-4-14(13)18-8-6-12(19)10-18/h5,7,12-15,19H,2-4,6,8-10H2,1H3/t12?,13-,14+/m1/s1. The van der Waals surface area contributed by atoms with Gasteiger partial charge in [0.2, 0.25) is 0 Å². The molecule has 106 valence electrons. The topological polar surface area (TPSA) is 53.3 Å². The summed E-state index contributed by atoms with van der Waals surface area (Å²) in [5.41, 5.74) is 1.11. The summed E-state index contributed by atoms with van der Waals surface area (Å²) in [6.07, 6.45) is 6.59. The zero-order valence-corrected chi connectivity index (χ0v) is 11.6. The number of likely N-dealkylation sites (tertiary alicyclic amines) is 1. The van der Waals surface area contributed by atoms with Crippen LogP contribution < -0.4 is 5.32 Å². The largest absolute Gasteiger partial charge is 0.392 e. The van der Waals surface area contributed by atoms with Crippen LogP contribution in [0, 0.1) is 0 Å². The van der Waals surface area contributed by atoms with Crippen LogP contribution in [0.2, 0.25) is 0 Å². The number of β-amino-alcohol motifs (C(OH)–C–C–N with tert-alkyl or cyclic N) is 1. The van der Waals surface area contributed by atoms with E-state index in [9.17, 15) is 5.11 Å². The summed E-state index contributed by atoms with van der Waals surface area (Å²) in [6.45, 7) is 2.75. The normalized spacial score (nSPS) is 32.2. The van der Waals surface area contributed by atoms with Crippen molar-refractivity contribution >= 4 is 0 Å². The summed E-state index contributed by atoms with van der Waals surface area (Å²) >= 11 is 0. The van der Waals surface area contributed by atoms with Crippen LogP contribution in [0.5, 0.6) is 0 Å². The van der Waals surface area contributed by atoms with Crippen molar-refractivity contribution in [1.29, 1.82) is 0 Å². The molecule has 0 amide bonds. The molecule has 1 aromatic rings. The average molecular weight is 264 g/mol. The minimum Gasteiger partial charge on any atom is -0.392 e. The molecule has 0 bridgehead atoms. The molecule has 2 aliphatic rings. The average Bonchev–Trinajstić information content (AvgIpc) is 3.07. The minimum atomic E-state index is -0.114. The van der Waals surface area contributed by atoms with E-state index in [2.05, 4.69) is 21.4 Å². The fraction of sp³-hybridized carbons (Fsp3) is 0.786. The van der Waals surface area contributed by atoms with Crippen molar-refractivity contribution in [3.8, 4) is 0 Å². The number of aromatic nitrogens is 2. The molecule has 5 heteroatoms. The SMILES string of the molecule is Cn1ccc(CN[C@@H]2CCC[C@@H]2N2CCC(O)C2)n1. The third-order valence-corrected chi connectivity index (χ3v) is 4.46. The first-order chi connectivity index (χ1) is 9.22. The molecule has 3 atom stereocenters. The van der Waals surface area contributed by atoms with Gasteiger partial charge in [-0.3, -0.25) is 9.58 Å². The molecule has 19 heavy (non-hydrogen) atoms. The molecular weight excluding hydrogens is 240 g/mol. The van der Waals surface area contributed by atoms with Gasteiger partial charge in [0.25, 0.3) is 0 Å². The van der Waals surface area contributed by atoms with E-state index in [1.807, 2.05) is 17.9 Å². The lowest BCUT2D eigenvalue weighted by Crippen LogP contribution is -2.46. The molecule has 1 aliphatic carbocycles. The second-order valence-electron chi connectivity index (χ2n) is 5.90. The maximum Gasteiger partial charge on any atom is 0.0762 e. The number of nitrogens with zero attached hydrogens (tertiary/aromatic N) is 3. The van der Waals surface area contributed by atoms with Gasteiger partial charge in [-0.15, -0.1) is 0 Å². The Bertz CT molecular complexity index is 419. The minimum absolute atomic E-state index is 0.114. The van der Waals surface area contributed by atoms with Crippen molar-refractivity contribution in [2.24, 2.45) is 7.05 Å². The molecule has 1 saturated heterocycles. The van der Waals surface area contributed by atoms with Crippen molar-refractivity contribution < 1.29 is 5.11 Å². The smallest absolute Gasteiger partial charge is 0.0762 e. The summed E-state index contributed by atoms with van der Waals surface area (Å²) in [4.78, 5) is 2.47. The van der Waals surface area contributed by atoms with Crippen molar-refractivity contribution in [1.82, 2.24) is 20.0 Å². The van der Waals surface area contributed by atoms with Gasteiger partial charge in [0.05, 0.1) is 11.8 Å². The van der Waals surface area contributed by atoms with E-state index in [0.29, 0.717) is 12.1 Å². The maximum absolute atomic E-state index is 9.68. The second kappa shape index (κ2) is 5.61. The molecule has 0 spiro atoms. The summed E-state index contributed by atoms with van der Waals surface area (Å²) in [6, 6.07) is 3.21. The molecule has 2 N–H and O–H groups in total. The third kappa shape index (κ3) is 2.99. The Labute approximate surface area is 114 Å². The predicted octanol–water partition coefficient (Wildman–Crippen LogP) is 0.497. The number of aliphatic hydroxyl groups is 1. The Balaban J connectivity index is 1.54. The lowest BCUT2D eigenvalue weighted by atomic mass is 10.1. The molecular formula is C14H24N4O. The molecule has 1 aliphatic heterocycles. The molecule has 1 aromatic heterocycles. The van der Waals surface area contributed by atoms with E-state index in [1.54, 1.807) is 0 Å². The van der Waals surface area contributed by atoms with Gasteiger partial charge >= 0.3 is 0 Å². The van der Waals surface area contributed by atoms with E-state index in [4.69, 9.17) is 0 Å². The Morgan fingerprint density at radius 2 is 2.32 bits per heavy atom. The zero-order valence-electron chi connectivity index (χ0n) is 11.6. The molecule has 5 nitrogen and oxygen atoms in total. The van der Waals surface area contributed by atoms with Crippen molar-refractivity contribution in [2.75, 3.05) is 13.1 Å². The Hall–Kier alpha value is -0.910. The van der Waals surface area contributed by atoms with E-state index in [0.717, 1.165) is 31.7 Å². The first-order valence-electron chi connectivity index (χ1n) is 7.36. The number of rotatable bonds is 4. The van der Waals surface area contributed by atoms with Crippen LogP contribution in [0.25, 0.3) is 0 Å². The Morgan fingerprint density at radius 3 is 3.00 bits per heavy atom. The highest BCUT2D eigenvalue weighted by Gasteiger charge is 2.35. The van der Waals surface area contributed by atoms with Gasteiger partial charge in [-0.1, -0.05) is 6.42 Å². The molecule has 1 unspecified atom stereocenters. The van der Waals surface area contributed by atoms with Crippen LogP contribution in [-0.2, 0) is 13.6 Å². The van der Waals surface area contributed by atoms with Crippen LogP contribution in [0.3, 0.4) is 0 Å². The summed E-state index contributed by atoms with van der Waals surface area (Å²) in [7, 11) is 1.95. The van der Waals surface area contributed by atoms with Crippen LogP contribution in [0.4, 0.5) is 0 Å². The first kappa shape index (κ1) is 13.1. The van der Waals surface area contributed by atoms with Gasteiger partial charge in [0.1, 0.15) is 0 Å². The number of hydrogen-bond acceptors (Lipinski definition) is 4. The summed E-state index contributed by atoms with van der Waals surface area (Å²) in [5, 5.41) is 17.7. The van der Waals surface area contributed by atoms with Gasteiger partial charge in [0.15, 0.2) is 0 Å². The van der Waals surface area contributed by atoms with Crippen LogP contribution >= 0.6 is 0 Å². The van der Waals surface area contributed by atoms with Crippen LogP contribution in [0.1, 0.15) is 31.4 Å². The van der Waals surface area contributed by atoms with Crippen molar-refractivity contribution in [2.45, 2.75) is 50.4 Å². The monoisotopic (exact) mass is 264 g/mol. The predicted molar refractivity (Wildman–Crippen MR) is 73.7 cm³/mol. The lowest BCUT2D eigenvalue weighted by molar-refractivity contribution is 0.149. The Morgan fingerprint density at radius 1 is 1.42 bits per heavy atom. The number of aliphatic hydroxyl groups excluding tert-OH is 1. The molecule has 0 aromatic carbocycles. The van der Waals surface area contributed by atoms with Crippen molar-refractivity contribution in [3.05, 3.63) is 18.0 Å². The highest BCUT2D eigenvalue weighted by molar-refractivity contribution is 5.00. The molecule has 2 fully saturated rings. The first-order valence-corrected chi connectivity index (χ1v) is 7.36. The van der Waals surface area contributed by atoms with Crippen molar-refractivity contribution in [3.63, 3.8) is 0 Å². The van der Waals surface area contributed by atoms with Gasteiger partial charge in [-0.05, 0) is 25.3 Å². The molecule has 2 heterocycles. The van der Waals surface area contributed by atoms with Gasteiger partial charge < -0.3 is 10.4 Å². The van der Waals surface area contributed by atoms with E-state index in [1.165, 1.54) is 19.3 Å². The molecule has 3 rings (SSSR count). The van der Waals surface area contributed by atoms with Crippen LogP contribution in [-0.4, -0.2) is 51.1 Å². The summed E-state index contributed by atoms with van der Waals surface area (Å²) in [5.74, 6) is 0. The Kier molecular flexibility index (Phi) is 3.86. The second-order valence-corrected chi connectivity index (χ2v) is 5.90. The zero-order chi connectivity index (χ0) is 13.2. The number of nitrogens with one attached hydrogen (secondary N) is 1. The van der Waals surface area contributed by atoms with Crippen LogP contribution in [0.15, 0.2) is 12.3 Å². The van der Waals surface area contributed by atoms with E-state index < -0.39 is 0 Å². The van der Waals surface area contributed by atoms with Gasteiger partial charge in [-0.2, -0.15) is 5.10 Å². The molecule has 1 saturated carbocycles. The molecule has 0 radical (unpaired) electrons. The number of aryl methyl sites for hydroxylation is 1. The lowest BCUT2D eigenvalue weighted by Gasteiger charge is -2.29. The number of hydrogen-bond donors (Lipinski definition) is 2. The quantitative estimate of drug-likeness (QED) is 0.831. The summed E-state index contributed by atoms with van der Waals surface area (Å²) < 4.78 is 1.85. The maximum atomic E-state index is 9.68. The van der Waals surface area contributed by atoms with Gasteiger partial charge in [0, 0.05) is 45.0 Å². The highest BCUT2D eigenvalue weighted by Crippen LogP contribution is 2.27. The third-order valence-electron chi connectivity index (χ3n) is 4.46. The van der Waals surface area contributed by atoms with Gasteiger partial charge in [-0.25, -0.2) is 0 Å². The fourth-order valence-electron chi connectivity index (χ4n) is 3.48. The highest BCUT2D eigenvalue weighted by atomic mass is 16.3. The fourth-order valence-corrected chi connectivity index (χ4v) is 3.48. The van der Waals surface area contributed by atoms with E-state index >= 15 is 0 Å².